The van der Waals surface area contributed by atoms with Crippen molar-refractivity contribution in [3.05, 3.63) is 0 Å². The number of hydrogen-bond acceptors (Lipinski definition) is 8. The van der Waals surface area contributed by atoms with Crippen LogP contribution in [0.2, 0.25) is 0 Å². The van der Waals surface area contributed by atoms with Crippen LogP contribution in [-0.2, 0) is 52.6 Å². The largest absolute Gasteiger partial charge is 2.00 e. The molecule has 0 aromatic rings. The number of rotatable bonds is 8. The van der Waals surface area contributed by atoms with E-state index in [9.17, 15) is 0 Å². The molecule has 0 aliphatic heterocycles. The maximum absolute atomic E-state index is 8.48. The third-order valence-electron chi connectivity index (χ3n) is 2.00. The zero-order valence-corrected chi connectivity index (χ0v) is 19.0. The first-order valence-electron chi connectivity index (χ1n) is 5.79. The van der Waals surface area contributed by atoms with E-state index in [2.05, 4.69) is 49.7 Å². The first-order valence-corrected chi connectivity index (χ1v) is 7.43. The van der Waals surface area contributed by atoms with Gasteiger partial charge in [0.2, 0.25) is 0 Å². The Morgan fingerprint density at radius 2 is 0.857 bits per heavy atom. The average molecular weight is 473 g/mol. The molecule has 0 spiro atoms. The van der Waals surface area contributed by atoms with E-state index in [0.717, 1.165) is 0 Å². The van der Waals surface area contributed by atoms with E-state index < -0.39 is 0 Å². The summed E-state index contributed by atoms with van der Waals surface area (Å²) in [5.41, 5.74) is 0. The van der Waals surface area contributed by atoms with E-state index in [1.54, 1.807) is 9.80 Å². The Morgan fingerprint density at radius 1 is 0.667 bits per heavy atom. The van der Waals surface area contributed by atoms with Crippen LogP contribution < -0.4 is 0 Å². The van der Waals surface area contributed by atoms with Gasteiger partial charge in [-0.15, -0.1) is 0 Å². The summed E-state index contributed by atoms with van der Waals surface area (Å²) in [6.07, 6.45) is 0. The van der Waals surface area contributed by atoms with Crippen LogP contribution in [0.5, 0.6) is 0 Å². The molecular weight excluding hydrogens is 453 g/mol. The summed E-state index contributed by atoms with van der Waals surface area (Å²) in [7, 11) is 0. The first-order chi connectivity index (χ1) is 9.44. The van der Waals surface area contributed by atoms with Gasteiger partial charge in [-0.3, -0.25) is 0 Å². The van der Waals surface area contributed by atoms with Gasteiger partial charge >= 0.3 is 27.3 Å². The molecule has 0 radical (unpaired) electrons. The Balaban J connectivity index is -0.000000295. The van der Waals surface area contributed by atoms with Gasteiger partial charge in [0.1, 0.15) is 0 Å². The monoisotopic (exact) mass is 474 g/mol. The molecule has 21 heavy (non-hydrogen) atoms. The summed E-state index contributed by atoms with van der Waals surface area (Å²) in [5.74, 6) is 0. The quantitative estimate of drug-likeness (QED) is 0.184. The Labute approximate surface area is 167 Å². The number of thiocarbonyl (C=S) groups is 2. The van der Waals surface area contributed by atoms with Crippen molar-refractivity contribution in [3.63, 3.8) is 0 Å². The minimum atomic E-state index is 0. The zero-order valence-electron chi connectivity index (χ0n) is 11.7. The van der Waals surface area contributed by atoms with Crippen LogP contribution in [-0.4, -0.2) is 91.5 Å². The minimum absolute atomic E-state index is 0. The second-order valence-electron chi connectivity index (χ2n) is 3.40. The third kappa shape index (κ3) is 17.2. The molecule has 0 aliphatic rings. The smallest absolute Gasteiger partial charge is 0.411 e. The van der Waals surface area contributed by atoms with Crippen molar-refractivity contribution < 1.29 is 47.7 Å². The predicted octanol–water partition coefficient (Wildman–Crippen LogP) is -1.79. The second kappa shape index (κ2) is 19.0. The summed E-state index contributed by atoms with van der Waals surface area (Å²) in [6, 6.07) is 0. The summed E-state index contributed by atoms with van der Waals surface area (Å²) in [5, 5.41) is 33.9. The summed E-state index contributed by atoms with van der Waals surface area (Å²) in [4.78, 5) is 3.15. The van der Waals surface area contributed by atoms with E-state index >= 15 is 0 Å². The average Bonchev–Trinajstić information content (AvgIpc) is 2.38. The molecule has 0 amide bonds. The fourth-order valence-electron chi connectivity index (χ4n) is 1.07. The van der Waals surface area contributed by atoms with Gasteiger partial charge in [0.25, 0.3) is 0 Å². The molecule has 0 unspecified atom stereocenters. The molecule has 0 fully saturated rings. The fraction of sp³-hybridized carbons (Fsp3) is 0.800. The molecule has 0 bridgehead atoms. The van der Waals surface area contributed by atoms with Gasteiger partial charge in [0.05, 0.1) is 26.4 Å². The molecule has 0 aliphatic carbocycles. The summed E-state index contributed by atoms with van der Waals surface area (Å²) >= 11 is 18.7. The van der Waals surface area contributed by atoms with Crippen LogP contribution in [0.1, 0.15) is 0 Å². The van der Waals surface area contributed by atoms with Gasteiger partial charge in [0.15, 0.2) is 0 Å². The Morgan fingerprint density at radius 3 is 0.952 bits per heavy atom. The van der Waals surface area contributed by atoms with Crippen molar-refractivity contribution in [2.45, 2.75) is 0 Å². The van der Waals surface area contributed by atoms with Crippen molar-refractivity contribution in [1.29, 1.82) is 0 Å². The Bertz CT molecular complexity index is 239. The van der Waals surface area contributed by atoms with E-state index in [1.165, 1.54) is 0 Å². The second-order valence-corrected chi connectivity index (χ2v) is 5.46. The van der Waals surface area contributed by atoms with Gasteiger partial charge in [-0.2, -0.15) is 0 Å². The molecular formula is C10H20CdN2O4S4. The SMILES string of the molecule is OCCN(CCO)C(=S)[S-].OCCN(CCO)C(=S)[S-].[Cd+2]. The van der Waals surface area contributed by atoms with E-state index in [-0.39, 0.29) is 53.7 Å². The first kappa shape index (κ1) is 26.9. The van der Waals surface area contributed by atoms with E-state index in [1.807, 2.05) is 0 Å². The molecule has 0 saturated carbocycles. The Kier molecular flexibility index (Phi) is 24.3. The van der Waals surface area contributed by atoms with Crippen LogP contribution in [0.3, 0.4) is 0 Å². The van der Waals surface area contributed by atoms with Crippen molar-refractivity contribution in [2.24, 2.45) is 0 Å². The van der Waals surface area contributed by atoms with E-state index in [4.69, 9.17) is 20.4 Å². The topological polar surface area (TPSA) is 87.4 Å². The Hall–Kier alpha value is 0.982. The normalized spacial score (nSPS) is 8.95. The zero-order chi connectivity index (χ0) is 16.0. The third-order valence-corrected chi connectivity index (χ3v) is 3.03. The van der Waals surface area contributed by atoms with Gasteiger partial charge in [-0.1, -0.05) is 8.64 Å². The molecule has 0 heterocycles. The summed E-state index contributed by atoms with van der Waals surface area (Å²) in [6.45, 7) is 1.67. The predicted molar refractivity (Wildman–Crippen MR) is 91.4 cm³/mol. The molecule has 0 saturated heterocycles. The molecule has 0 aromatic carbocycles. The number of hydrogen-bond donors (Lipinski definition) is 4. The maximum Gasteiger partial charge on any atom is 2.00 e. The minimum Gasteiger partial charge on any atom is -0.411 e. The van der Waals surface area contributed by atoms with Gasteiger partial charge in [0, 0.05) is 26.2 Å². The molecule has 0 aromatic heterocycles. The molecule has 0 rings (SSSR count). The van der Waals surface area contributed by atoms with Crippen molar-refractivity contribution >= 4 is 58.3 Å². The number of nitrogens with zero attached hydrogens (tertiary/aromatic N) is 2. The molecule has 120 valence electrons. The maximum atomic E-state index is 8.48. The molecule has 11 heteroatoms. The van der Waals surface area contributed by atoms with Crippen LogP contribution in [0.25, 0.3) is 0 Å². The van der Waals surface area contributed by atoms with Crippen molar-refractivity contribution in [3.8, 4) is 0 Å². The van der Waals surface area contributed by atoms with Crippen molar-refractivity contribution in [2.75, 3.05) is 52.6 Å². The molecule has 4 N–H and O–H groups in total. The standard InChI is InChI=1S/2C5H11NO2S2.Cd/c2*7-3-1-6(2-4-8)5(9)10;/h2*7-8H,1-4H2,(H,9,10);/q;;+2/p-2. The van der Waals surface area contributed by atoms with Crippen LogP contribution in [0, 0.1) is 0 Å². The van der Waals surface area contributed by atoms with Gasteiger partial charge in [-0.05, 0) is 0 Å². The summed E-state index contributed by atoms with van der Waals surface area (Å²) < 4.78 is 0.589. The number of aliphatic hydroxyl groups excluding tert-OH is 4. The molecule has 0 atom stereocenters. The fourth-order valence-corrected chi connectivity index (χ4v) is 1.80. The molecule has 6 nitrogen and oxygen atoms in total. The van der Waals surface area contributed by atoms with Crippen molar-refractivity contribution in [1.82, 2.24) is 9.80 Å². The van der Waals surface area contributed by atoms with Gasteiger partial charge in [-0.25, -0.2) is 0 Å². The van der Waals surface area contributed by atoms with Crippen LogP contribution >= 0.6 is 24.4 Å². The number of aliphatic hydroxyl groups is 4. The van der Waals surface area contributed by atoms with Gasteiger partial charge < -0.3 is 79.9 Å². The van der Waals surface area contributed by atoms with E-state index in [0.29, 0.717) is 34.8 Å². The van der Waals surface area contributed by atoms with Crippen LogP contribution in [0.4, 0.5) is 0 Å². The van der Waals surface area contributed by atoms with Crippen LogP contribution in [0.15, 0.2) is 0 Å².